The maximum Gasteiger partial charge on any atom is 0.523 e. The lowest BCUT2D eigenvalue weighted by Gasteiger charge is -2.31. The molecule has 0 aromatic carbocycles. The Balaban J connectivity index is 2.79. The molecule has 1 atom stereocenters. The zero-order chi connectivity index (χ0) is 11.7. The molecule has 1 unspecified atom stereocenters. The maximum atomic E-state index is 12.1. The van der Waals surface area contributed by atoms with E-state index in [9.17, 15) is 13.2 Å². The smallest absolute Gasteiger partial charge is 0.281 e. The first-order chi connectivity index (χ1) is 6.76. The molecule has 0 heterocycles. The van der Waals surface area contributed by atoms with Gasteiger partial charge in [-0.25, -0.2) is 0 Å². The van der Waals surface area contributed by atoms with Gasteiger partial charge in [0.15, 0.2) is 0 Å². The number of alkyl halides is 3. The molecular weight excluding hydrogens is 205 g/mol. The quantitative estimate of drug-likeness (QED) is 0.684. The average Bonchev–Trinajstić information content (AvgIpc) is 1.99. The first-order valence-corrected chi connectivity index (χ1v) is 4.90. The van der Waals surface area contributed by atoms with Gasteiger partial charge in [-0.1, -0.05) is 24.6 Å². The Hall–Kier alpha value is -0.770. The minimum Gasteiger partial charge on any atom is -0.281 e. The van der Waals surface area contributed by atoms with Gasteiger partial charge in [-0.3, -0.25) is 4.74 Å². The van der Waals surface area contributed by atoms with Crippen molar-refractivity contribution in [3.8, 4) is 0 Å². The third-order valence-corrected chi connectivity index (χ3v) is 2.53. The third kappa shape index (κ3) is 3.38. The van der Waals surface area contributed by atoms with Gasteiger partial charge in [-0.2, -0.15) is 0 Å². The van der Waals surface area contributed by atoms with Crippen molar-refractivity contribution in [3.63, 3.8) is 0 Å². The molecule has 1 aliphatic rings. The summed E-state index contributed by atoms with van der Waals surface area (Å²) in [5.41, 5.74) is 0.811. The lowest BCUT2D eigenvalue weighted by atomic mass is 9.87. The van der Waals surface area contributed by atoms with Gasteiger partial charge < -0.3 is 0 Å². The summed E-state index contributed by atoms with van der Waals surface area (Å²) in [7, 11) is 0. The number of allylic oxidation sites excluding steroid dienone is 2. The van der Waals surface area contributed by atoms with E-state index in [4.69, 9.17) is 0 Å². The summed E-state index contributed by atoms with van der Waals surface area (Å²) in [5, 5.41) is 0. The molecule has 0 aromatic rings. The highest BCUT2D eigenvalue weighted by molar-refractivity contribution is 5.32. The van der Waals surface area contributed by atoms with E-state index in [1.807, 2.05) is 13.8 Å². The molecular formula is C11H15F3O. The highest BCUT2D eigenvalue weighted by Gasteiger charge is 2.40. The van der Waals surface area contributed by atoms with Crippen LogP contribution in [0.5, 0.6) is 0 Å². The van der Waals surface area contributed by atoms with E-state index in [-0.39, 0.29) is 0 Å². The van der Waals surface area contributed by atoms with Crippen LogP contribution < -0.4 is 0 Å². The Kier molecular flexibility index (Phi) is 3.28. The molecule has 0 fully saturated rings. The van der Waals surface area contributed by atoms with E-state index in [1.165, 1.54) is 13.0 Å². The van der Waals surface area contributed by atoms with E-state index in [2.05, 4.69) is 4.74 Å². The second kappa shape index (κ2) is 4.00. The van der Waals surface area contributed by atoms with Crippen LogP contribution in [0.1, 0.15) is 33.6 Å². The van der Waals surface area contributed by atoms with Gasteiger partial charge in [0.1, 0.15) is 0 Å². The number of halogens is 3. The maximum absolute atomic E-state index is 12.1. The van der Waals surface area contributed by atoms with Crippen LogP contribution in [0.3, 0.4) is 0 Å². The van der Waals surface area contributed by atoms with E-state index >= 15 is 0 Å². The van der Waals surface area contributed by atoms with Gasteiger partial charge in [0.2, 0.25) is 0 Å². The van der Waals surface area contributed by atoms with Crippen molar-refractivity contribution in [2.75, 3.05) is 0 Å². The van der Waals surface area contributed by atoms with Crippen molar-refractivity contribution in [2.24, 2.45) is 0 Å². The second-order valence-electron chi connectivity index (χ2n) is 4.03. The lowest BCUT2D eigenvalue weighted by Crippen LogP contribution is -2.35. The summed E-state index contributed by atoms with van der Waals surface area (Å²) in [4.78, 5) is 0. The summed E-state index contributed by atoms with van der Waals surface area (Å²) in [6, 6.07) is 0. The summed E-state index contributed by atoms with van der Waals surface area (Å²) < 4.78 is 40.5. The van der Waals surface area contributed by atoms with Crippen molar-refractivity contribution in [3.05, 3.63) is 23.3 Å². The van der Waals surface area contributed by atoms with E-state index in [1.54, 1.807) is 6.08 Å². The molecule has 0 radical (unpaired) electrons. The number of ether oxygens (including phenoxy) is 1. The molecule has 4 heteroatoms. The van der Waals surface area contributed by atoms with Gasteiger partial charge in [0.25, 0.3) is 0 Å². The van der Waals surface area contributed by atoms with Crippen molar-refractivity contribution >= 4 is 0 Å². The fourth-order valence-electron chi connectivity index (χ4n) is 1.87. The molecule has 0 aliphatic heterocycles. The zero-order valence-corrected chi connectivity index (χ0v) is 9.11. The van der Waals surface area contributed by atoms with Crippen molar-refractivity contribution in [2.45, 2.75) is 45.6 Å². The van der Waals surface area contributed by atoms with E-state index < -0.39 is 12.0 Å². The summed E-state index contributed by atoms with van der Waals surface area (Å²) in [5.74, 6) is 0. The topological polar surface area (TPSA) is 9.23 Å². The summed E-state index contributed by atoms with van der Waals surface area (Å²) in [6.07, 6.45) is -0.226. The standard InChI is InChI=1S/C11H15F3O/c1-4-9-5-6-10(3,7-8(9)2)15-11(12,13)14/h5-6H,4,7H2,1-3H3. The lowest BCUT2D eigenvalue weighted by molar-refractivity contribution is -0.355. The van der Waals surface area contributed by atoms with Gasteiger partial charge in [-0.15, -0.1) is 13.2 Å². The fourth-order valence-corrected chi connectivity index (χ4v) is 1.87. The van der Waals surface area contributed by atoms with Gasteiger partial charge in [0.05, 0.1) is 5.60 Å². The summed E-state index contributed by atoms with van der Waals surface area (Å²) >= 11 is 0. The Labute approximate surface area is 87.6 Å². The van der Waals surface area contributed by atoms with Crippen LogP contribution in [0, 0.1) is 0 Å². The number of rotatable bonds is 2. The van der Waals surface area contributed by atoms with Crippen LogP contribution >= 0.6 is 0 Å². The monoisotopic (exact) mass is 220 g/mol. The number of hydrogen-bond acceptors (Lipinski definition) is 1. The van der Waals surface area contributed by atoms with Gasteiger partial charge in [-0.05, 0) is 25.8 Å². The average molecular weight is 220 g/mol. The molecule has 1 aliphatic carbocycles. The predicted molar refractivity (Wildman–Crippen MR) is 52.3 cm³/mol. The van der Waals surface area contributed by atoms with Crippen molar-refractivity contribution in [1.82, 2.24) is 0 Å². The zero-order valence-electron chi connectivity index (χ0n) is 9.11. The van der Waals surface area contributed by atoms with Crippen LogP contribution in [0.15, 0.2) is 23.3 Å². The largest absolute Gasteiger partial charge is 0.523 e. The summed E-state index contributed by atoms with van der Waals surface area (Å²) in [6.45, 7) is 5.28. The highest BCUT2D eigenvalue weighted by Crippen LogP contribution is 2.35. The molecule has 0 bridgehead atoms. The molecule has 86 valence electrons. The SMILES string of the molecule is CCC1=C(C)CC(C)(OC(F)(F)F)C=C1. The van der Waals surface area contributed by atoms with Crippen LogP contribution in [0.2, 0.25) is 0 Å². The Bertz CT molecular complexity index is 301. The van der Waals surface area contributed by atoms with E-state index in [0.29, 0.717) is 6.42 Å². The molecule has 0 spiro atoms. The van der Waals surface area contributed by atoms with E-state index in [0.717, 1.165) is 17.6 Å². The van der Waals surface area contributed by atoms with Crippen LogP contribution in [0.4, 0.5) is 13.2 Å². The minimum absolute atomic E-state index is 0.298. The van der Waals surface area contributed by atoms with Gasteiger partial charge >= 0.3 is 6.36 Å². The molecule has 0 saturated heterocycles. The van der Waals surface area contributed by atoms with Crippen LogP contribution in [0.25, 0.3) is 0 Å². The number of hydrogen-bond donors (Lipinski definition) is 0. The molecule has 1 rings (SSSR count). The third-order valence-electron chi connectivity index (χ3n) is 2.53. The van der Waals surface area contributed by atoms with Gasteiger partial charge in [0, 0.05) is 6.42 Å². The first-order valence-electron chi connectivity index (χ1n) is 4.90. The normalized spacial score (nSPS) is 27.3. The van der Waals surface area contributed by atoms with Crippen LogP contribution in [-0.4, -0.2) is 12.0 Å². The molecule has 15 heavy (non-hydrogen) atoms. The Morgan fingerprint density at radius 2 is 2.07 bits per heavy atom. The molecule has 1 nitrogen and oxygen atoms in total. The highest BCUT2D eigenvalue weighted by atomic mass is 19.4. The second-order valence-corrected chi connectivity index (χ2v) is 4.03. The molecule has 0 N–H and O–H groups in total. The fraction of sp³-hybridized carbons (Fsp3) is 0.636. The van der Waals surface area contributed by atoms with Crippen molar-refractivity contribution < 1.29 is 17.9 Å². The van der Waals surface area contributed by atoms with Crippen LogP contribution in [-0.2, 0) is 4.74 Å². The minimum atomic E-state index is -4.58. The van der Waals surface area contributed by atoms with Crippen molar-refractivity contribution in [1.29, 1.82) is 0 Å². The predicted octanol–water partition coefficient (Wildman–Crippen LogP) is 3.97. The molecule has 0 aromatic heterocycles. The first kappa shape index (κ1) is 12.3. The molecule has 0 amide bonds. The molecule has 0 saturated carbocycles. The Morgan fingerprint density at radius 1 is 1.47 bits per heavy atom. The Morgan fingerprint density at radius 3 is 2.47 bits per heavy atom.